The van der Waals surface area contributed by atoms with Crippen LogP contribution in [0.1, 0.15) is 12.5 Å². The van der Waals surface area contributed by atoms with E-state index in [4.69, 9.17) is 11.6 Å². The Labute approximate surface area is 102 Å². The van der Waals surface area contributed by atoms with Crippen molar-refractivity contribution in [2.45, 2.75) is 18.0 Å². The van der Waals surface area contributed by atoms with Crippen LogP contribution < -0.4 is 4.72 Å². The minimum Gasteiger partial charge on any atom is -0.211 e. The maximum Gasteiger partial charge on any atom is 0.416 e. The van der Waals surface area contributed by atoms with Crippen LogP contribution in [0.4, 0.5) is 13.2 Å². The van der Waals surface area contributed by atoms with Gasteiger partial charge in [-0.3, -0.25) is 0 Å². The predicted octanol–water partition coefficient (Wildman–Crippen LogP) is 2.66. The molecule has 0 saturated heterocycles. The summed E-state index contributed by atoms with van der Waals surface area (Å²) in [6, 6.07) is 2.10. The molecular weight excluding hydrogens is 279 g/mol. The summed E-state index contributed by atoms with van der Waals surface area (Å²) in [7, 11) is -3.85. The van der Waals surface area contributed by atoms with E-state index in [0.29, 0.717) is 12.1 Å². The first-order chi connectivity index (χ1) is 7.68. The first-order valence-corrected chi connectivity index (χ1v) is 6.41. The summed E-state index contributed by atoms with van der Waals surface area (Å²) in [6.07, 6.45) is -4.55. The number of benzene rings is 1. The Kier molecular flexibility index (Phi) is 4.06. The van der Waals surface area contributed by atoms with Gasteiger partial charge in [0.25, 0.3) is 0 Å². The molecular formula is C9H9ClF3NO2S. The summed E-state index contributed by atoms with van der Waals surface area (Å²) in [5.74, 6) is 0. The molecule has 1 N–H and O–H groups in total. The van der Waals surface area contributed by atoms with Crippen molar-refractivity contribution in [2.24, 2.45) is 0 Å². The minimum atomic E-state index is -4.55. The van der Waals surface area contributed by atoms with E-state index in [0.717, 1.165) is 6.07 Å². The molecule has 0 saturated carbocycles. The highest BCUT2D eigenvalue weighted by Crippen LogP contribution is 2.33. The Hall–Kier alpha value is -0.790. The van der Waals surface area contributed by atoms with Gasteiger partial charge in [0.1, 0.15) is 4.90 Å². The Morgan fingerprint density at radius 1 is 1.35 bits per heavy atom. The zero-order valence-corrected chi connectivity index (χ0v) is 10.2. The highest BCUT2D eigenvalue weighted by atomic mass is 35.5. The van der Waals surface area contributed by atoms with Crippen LogP contribution in [-0.2, 0) is 16.2 Å². The van der Waals surface area contributed by atoms with Crippen molar-refractivity contribution in [1.29, 1.82) is 0 Å². The molecule has 1 rings (SSSR count). The first kappa shape index (κ1) is 14.3. The van der Waals surface area contributed by atoms with E-state index in [1.807, 2.05) is 0 Å². The van der Waals surface area contributed by atoms with Crippen molar-refractivity contribution in [3.63, 3.8) is 0 Å². The van der Waals surface area contributed by atoms with Gasteiger partial charge in [-0.1, -0.05) is 18.5 Å². The van der Waals surface area contributed by atoms with Crippen molar-refractivity contribution in [3.05, 3.63) is 28.8 Å². The molecule has 0 radical (unpaired) electrons. The molecule has 17 heavy (non-hydrogen) atoms. The SMILES string of the molecule is CCNS(=O)(=O)c1ccc(C(F)(F)F)cc1Cl. The second-order valence-electron chi connectivity index (χ2n) is 3.14. The molecule has 3 nitrogen and oxygen atoms in total. The van der Waals surface area contributed by atoms with Crippen LogP contribution in [0.5, 0.6) is 0 Å². The van der Waals surface area contributed by atoms with Gasteiger partial charge in [-0.05, 0) is 18.2 Å². The maximum atomic E-state index is 12.3. The topological polar surface area (TPSA) is 46.2 Å². The normalized spacial score (nSPS) is 12.8. The third-order valence-corrected chi connectivity index (χ3v) is 3.91. The molecule has 0 spiro atoms. The molecule has 8 heteroatoms. The Bertz CT molecular complexity index is 513. The Morgan fingerprint density at radius 2 is 1.94 bits per heavy atom. The van der Waals surface area contributed by atoms with Crippen molar-refractivity contribution < 1.29 is 21.6 Å². The van der Waals surface area contributed by atoms with Gasteiger partial charge in [-0.25, -0.2) is 13.1 Å². The molecule has 0 atom stereocenters. The molecule has 0 aromatic heterocycles. The predicted molar refractivity (Wildman–Crippen MR) is 57.3 cm³/mol. The second kappa shape index (κ2) is 4.83. The monoisotopic (exact) mass is 287 g/mol. The summed E-state index contributed by atoms with van der Waals surface area (Å²) in [5, 5.41) is -0.458. The quantitative estimate of drug-likeness (QED) is 0.929. The van der Waals surface area contributed by atoms with Crippen LogP contribution >= 0.6 is 11.6 Å². The molecule has 96 valence electrons. The molecule has 0 aliphatic carbocycles. The van der Waals surface area contributed by atoms with Crippen molar-refractivity contribution in [1.82, 2.24) is 4.72 Å². The number of hydrogen-bond donors (Lipinski definition) is 1. The Balaban J connectivity index is 3.24. The van der Waals surface area contributed by atoms with Crippen LogP contribution in [0.15, 0.2) is 23.1 Å². The molecule has 0 amide bonds. The molecule has 1 aromatic rings. The summed E-state index contributed by atoms with van der Waals surface area (Å²) < 4.78 is 62.2. The standard InChI is InChI=1S/C9H9ClF3NO2S/c1-2-14-17(15,16)8-4-3-6(5-7(8)10)9(11,12)13/h3-5,14H,2H2,1H3. The van der Waals surface area contributed by atoms with E-state index in [9.17, 15) is 21.6 Å². The molecule has 0 fully saturated rings. The van der Waals surface area contributed by atoms with Crippen molar-refractivity contribution >= 4 is 21.6 Å². The maximum absolute atomic E-state index is 12.3. The summed E-state index contributed by atoms with van der Waals surface area (Å²) in [6.45, 7) is 1.68. The molecule has 0 aliphatic rings. The molecule has 0 aliphatic heterocycles. The zero-order chi connectivity index (χ0) is 13.3. The molecule has 0 bridgehead atoms. The van der Waals surface area contributed by atoms with Gasteiger partial charge >= 0.3 is 6.18 Å². The van der Waals surface area contributed by atoms with Crippen LogP contribution in [0.3, 0.4) is 0 Å². The van der Waals surface area contributed by atoms with E-state index in [-0.39, 0.29) is 11.4 Å². The van der Waals surface area contributed by atoms with Crippen LogP contribution in [0, 0.1) is 0 Å². The lowest BCUT2D eigenvalue weighted by molar-refractivity contribution is -0.137. The second-order valence-corrected chi connectivity index (χ2v) is 5.29. The zero-order valence-electron chi connectivity index (χ0n) is 8.68. The molecule has 0 heterocycles. The highest BCUT2D eigenvalue weighted by Gasteiger charge is 2.31. The van der Waals surface area contributed by atoms with Gasteiger partial charge in [-0.2, -0.15) is 13.2 Å². The van der Waals surface area contributed by atoms with Gasteiger partial charge < -0.3 is 0 Å². The number of halogens is 4. The third-order valence-electron chi connectivity index (χ3n) is 1.88. The summed E-state index contributed by atoms with van der Waals surface area (Å²) in [5.41, 5.74) is -0.988. The van der Waals surface area contributed by atoms with Crippen molar-refractivity contribution in [2.75, 3.05) is 6.54 Å². The smallest absolute Gasteiger partial charge is 0.211 e. The molecule has 0 unspecified atom stereocenters. The largest absolute Gasteiger partial charge is 0.416 e. The van der Waals surface area contributed by atoms with Gasteiger partial charge in [-0.15, -0.1) is 0 Å². The average Bonchev–Trinajstić information content (AvgIpc) is 2.15. The van der Waals surface area contributed by atoms with Crippen LogP contribution in [0.2, 0.25) is 5.02 Å². The number of nitrogens with one attached hydrogen (secondary N) is 1. The number of sulfonamides is 1. The number of rotatable bonds is 3. The Morgan fingerprint density at radius 3 is 2.35 bits per heavy atom. The number of alkyl halides is 3. The van der Waals surface area contributed by atoms with Crippen LogP contribution in [0.25, 0.3) is 0 Å². The van der Waals surface area contributed by atoms with Gasteiger partial charge in [0.05, 0.1) is 10.6 Å². The summed E-state index contributed by atoms with van der Waals surface area (Å²) in [4.78, 5) is -0.367. The average molecular weight is 288 g/mol. The molecule has 1 aromatic carbocycles. The fraction of sp³-hybridized carbons (Fsp3) is 0.333. The lowest BCUT2D eigenvalue weighted by atomic mass is 10.2. The fourth-order valence-corrected chi connectivity index (χ4v) is 2.75. The summed E-state index contributed by atoms with van der Waals surface area (Å²) >= 11 is 5.54. The van der Waals surface area contributed by atoms with Gasteiger partial charge in [0.15, 0.2) is 0 Å². The van der Waals surface area contributed by atoms with E-state index in [2.05, 4.69) is 4.72 Å². The highest BCUT2D eigenvalue weighted by molar-refractivity contribution is 7.89. The van der Waals surface area contributed by atoms with Gasteiger partial charge in [0.2, 0.25) is 10.0 Å². The van der Waals surface area contributed by atoms with E-state index in [1.165, 1.54) is 0 Å². The van der Waals surface area contributed by atoms with E-state index >= 15 is 0 Å². The fourth-order valence-electron chi connectivity index (χ4n) is 1.16. The first-order valence-electron chi connectivity index (χ1n) is 4.55. The lowest BCUT2D eigenvalue weighted by Gasteiger charge is -2.10. The van der Waals surface area contributed by atoms with E-state index < -0.39 is 26.8 Å². The lowest BCUT2D eigenvalue weighted by Crippen LogP contribution is -2.23. The van der Waals surface area contributed by atoms with E-state index in [1.54, 1.807) is 6.92 Å². The van der Waals surface area contributed by atoms with Crippen LogP contribution in [-0.4, -0.2) is 15.0 Å². The minimum absolute atomic E-state index is 0.125. The van der Waals surface area contributed by atoms with Gasteiger partial charge in [0, 0.05) is 6.54 Å². The third kappa shape index (κ3) is 3.34. The van der Waals surface area contributed by atoms with Crippen molar-refractivity contribution in [3.8, 4) is 0 Å². The number of hydrogen-bond acceptors (Lipinski definition) is 2.